The molecule has 2 rings (SSSR count). The van der Waals surface area contributed by atoms with Crippen molar-refractivity contribution in [2.45, 2.75) is 11.8 Å². The summed E-state index contributed by atoms with van der Waals surface area (Å²) in [4.78, 5) is 9.98. The Bertz CT molecular complexity index is 852. The van der Waals surface area contributed by atoms with E-state index in [2.05, 4.69) is 0 Å². The fourth-order valence-corrected chi connectivity index (χ4v) is 3.17. The van der Waals surface area contributed by atoms with Crippen molar-refractivity contribution in [2.24, 2.45) is 0 Å². The summed E-state index contributed by atoms with van der Waals surface area (Å²) >= 11 is 5.79. The highest BCUT2D eigenvalue weighted by molar-refractivity contribution is 7.87. The molecular weight excluding hydrogens is 332 g/mol. The van der Waals surface area contributed by atoms with Gasteiger partial charge in [0.1, 0.15) is 16.3 Å². The number of hydrogen-bond donors (Lipinski definition) is 1. The number of anilines is 1. The molecular formula is C13H11ClN2O5S. The zero-order valence-electron chi connectivity index (χ0n) is 11.3. The number of halogens is 1. The van der Waals surface area contributed by atoms with E-state index in [1.54, 1.807) is 13.0 Å². The smallest absolute Gasteiger partial charge is 0.339 e. The molecule has 0 radical (unpaired) electrons. The van der Waals surface area contributed by atoms with Gasteiger partial charge in [0, 0.05) is 5.02 Å². The Morgan fingerprint density at radius 3 is 2.55 bits per heavy atom. The topological polar surface area (TPSA) is 113 Å². The predicted molar refractivity (Wildman–Crippen MR) is 81.5 cm³/mol. The molecule has 0 spiro atoms. The van der Waals surface area contributed by atoms with Crippen LogP contribution in [0.15, 0.2) is 41.3 Å². The Labute approximate surface area is 131 Å². The predicted octanol–water partition coefficient (Wildman–Crippen LogP) is 2.91. The summed E-state index contributed by atoms with van der Waals surface area (Å²) in [6, 6.07) is 7.71. The highest BCUT2D eigenvalue weighted by Gasteiger charge is 2.22. The van der Waals surface area contributed by atoms with Gasteiger partial charge in [0.15, 0.2) is 0 Å². The number of hydrogen-bond acceptors (Lipinski definition) is 6. The van der Waals surface area contributed by atoms with Gasteiger partial charge in [-0.05, 0) is 36.8 Å². The second-order valence-electron chi connectivity index (χ2n) is 4.43. The number of nitrogens with two attached hydrogens (primary N) is 1. The van der Waals surface area contributed by atoms with Gasteiger partial charge in [-0.3, -0.25) is 10.1 Å². The Morgan fingerprint density at radius 1 is 1.23 bits per heavy atom. The molecule has 0 unspecified atom stereocenters. The number of rotatable bonds is 4. The zero-order valence-corrected chi connectivity index (χ0v) is 12.9. The van der Waals surface area contributed by atoms with Crippen LogP contribution in [-0.2, 0) is 10.1 Å². The summed E-state index contributed by atoms with van der Waals surface area (Å²) in [5.74, 6) is -0.208. The van der Waals surface area contributed by atoms with E-state index in [4.69, 9.17) is 21.5 Å². The lowest BCUT2D eigenvalue weighted by Crippen LogP contribution is -2.11. The van der Waals surface area contributed by atoms with Crippen LogP contribution in [0.5, 0.6) is 5.75 Å². The van der Waals surface area contributed by atoms with Crippen LogP contribution >= 0.6 is 11.6 Å². The number of benzene rings is 2. The van der Waals surface area contributed by atoms with Crippen LogP contribution in [0.25, 0.3) is 0 Å². The third-order valence-electron chi connectivity index (χ3n) is 2.82. The molecule has 0 saturated heterocycles. The lowest BCUT2D eigenvalue weighted by Gasteiger charge is -2.10. The van der Waals surface area contributed by atoms with Gasteiger partial charge in [-0.25, -0.2) is 0 Å². The molecule has 0 bridgehead atoms. The molecule has 0 fully saturated rings. The maximum Gasteiger partial charge on any atom is 0.339 e. The Kier molecular flexibility index (Phi) is 4.25. The Morgan fingerprint density at radius 2 is 1.91 bits per heavy atom. The van der Waals surface area contributed by atoms with Crippen molar-refractivity contribution in [2.75, 3.05) is 5.73 Å². The van der Waals surface area contributed by atoms with E-state index in [1.165, 1.54) is 24.3 Å². The number of nitrogens with zero attached hydrogens (tertiary/aromatic N) is 1. The molecule has 0 aliphatic rings. The van der Waals surface area contributed by atoms with Gasteiger partial charge in [-0.1, -0.05) is 17.7 Å². The van der Waals surface area contributed by atoms with E-state index in [-0.39, 0.29) is 21.4 Å². The van der Waals surface area contributed by atoms with E-state index in [1.807, 2.05) is 0 Å². The van der Waals surface area contributed by atoms with Crippen LogP contribution in [0.4, 0.5) is 11.4 Å². The van der Waals surface area contributed by atoms with Gasteiger partial charge in [-0.2, -0.15) is 8.42 Å². The average molecular weight is 343 g/mol. The summed E-state index contributed by atoms with van der Waals surface area (Å²) < 4.78 is 29.4. The fourth-order valence-electron chi connectivity index (χ4n) is 1.75. The first kappa shape index (κ1) is 16.1. The molecule has 2 aromatic carbocycles. The van der Waals surface area contributed by atoms with Crippen LogP contribution in [0, 0.1) is 17.0 Å². The molecule has 116 valence electrons. The number of nitro groups is 1. The van der Waals surface area contributed by atoms with Crippen molar-refractivity contribution in [1.29, 1.82) is 0 Å². The summed E-state index contributed by atoms with van der Waals surface area (Å²) in [5.41, 5.74) is 5.36. The molecule has 0 heterocycles. The third kappa shape index (κ3) is 3.29. The summed E-state index contributed by atoms with van der Waals surface area (Å²) in [5, 5.41) is 11.0. The van der Waals surface area contributed by atoms with Crippen molar-refractivity contribution in [1.82, 2.24) is 0 Å². The second kappa shape index (κ2) is 5.82. The average Bonchev–Trinajstić information content (AvgIpc) is 2.43. The minimum absolute atomic E-state index is 0.0892. The van der Waals surface area contributed by atoms with Crippen molar-refractivity contribution < 1.29 is 17.5 Å². The minimum Gasteiger partial charge on any atom is -0.393 e. The van der Waals surface area contributed by atoms with Gasteiger partial charge in [0.05, 0.1) is 11.0 Å². The maximum atomic E-state index is 12.3. The van der Waals surface area contributed by atoms with Crippen LogP contribution < -0.4 is 9.92 Å². The lowest BCUT2D eigenvalue weighted by atomic mass is 10.2. The number of nitrogen functional groups attached to an aromatic ring is 1. The molecule has 2 N–H and O–H groups in total. The van der Waals surface area contributed by atoms with Crippen LogP contribution in [-0.4, -0.2) is 13.3 Å². The van der Waals surface area contributed by atoms with Gasteiger partial charge in [0.2, 0.25) is 0 Å². The molecule has 9 heteroatoms. The van der Waals surface area contributed by atoms with Gasteiger partial charge >= 0.3 is 10.1 Å². The molecule has 0 aliphatic heterocycles. The molecule has 0 amide bonds. The lowest BCUT2D eigenvalue weighted by molar-refractivity contribution is -0.383. The molecule has 22 heavy (non-hydrogen) atoms. The Balaban J connectivity index is 2.43. The highest BCUT2D eigenvalue weighted by atomic mass is 35.5. The van der Waals surface area contributed by atoms with Crippen LogP contribution in [0.1, 0.15) is 5.56 Å². The van der Waals surface area contributed by atoms with E-state index in [0.29, 0.717) is 5.56 Å². The van der Waals surface area contributed by atoms with Gasteiger partial charge in [0.25, 0.3) is 5.69 Å². The first-order valence-electron chi connectivity index (χ1n) is 5.95. The van der Waals surface area contributed by atoms with Crippen molar-refractivity contribution >= 4 is 33.1 Å². The molecule has 7 nitrogen and oxygen atoms in total. The number of nitro benzene ring substituents is 1. The third-order valence-corrected chi connectivity index (χ3v) is 4.45. The summed E-state index contributed by atoms with van der Waals surface area (Å²) in [6.45, 7) is 1.58. The monoisotopic (exact) mass is 342 g/mol. The van der Waals surface area contributed by atoms with Crippen molar-refractivity contribution in [3.05, 3.63) is 57.1 Å². The van der Waals surface area contributed by atoms with E-state index in [0.717, 1.165) is 6.07 Å². The highest BCUT2D eigenvalue weighted by Crippen LogP contribution is 2.29. The largest absolute Gasteiger partial charge is 0.393 e. The normalized spacial score (nSPS) is 11.2. The van der Waals surface area contributed by atoms with Crippen LogP contribution in [0.2, 0.25) is 5.02 Å². The summed E-state index contributed by atoms with van der Waals surface area (Å²) in [6.07, 6.45) is 0. The molecule has 0 atom stereocenters. The van der Waals surface area contributed by atoms with Crippen molar-refractivity contribution in [3.63, 3.8) is 0 Å². The quantitative estimate of drug-likeness (QED) is 0.395. The van der Waals surface area contributed by atoms with Crippen molar-refractivity contribution in [3.8, 4) is 5.75 Å². The van der Waals surface area contributed by atoms with E-state index < -0.39 is 20.7 Å². The molecule has 0 aromatic heterocycles. The SMILES string of the molecule is Cc1ccc(Cl)cc1S(=O)(=O)Oc1ccc(N)c([N+](=O)[O-])c1. The van der Waals surface area contributed by atoms with Crippen LogP contribution in [0.3, 0.4) is 0 Å². The minimum atomic E-state index is -4.17. The first-order valence-corrected chi connectivity index (χ1v) is 7.74. The fraction of sp³-hybridized carbons (Fsp3) is 0.0769. The number of aryl methyl sites for hydroxylation is 1. The second-order valence-corrected chi connectivity index (χ2v) is 6.38. The standard InChI is InChI=1S/C13H11ClN2O5S/c1-8-2-3-9(14)6-13(8)22(19,20)21-10-4-5-11(15)12(7-10)16(17)18/h2-7H,15H2,1H3. The first-order chi connectivity index (χ1) is 10.2. The molecule has 0 saturated carbocycles. The summed E-state index contributed by atoms with van der Waals surface area (Å²) in [7, 11) is -4.17. The maximum absolute atomic E-state index is 12.3. The van der Waals surface area contributed by atoms with E-state index in [9.17, 15) is 18.5 Å². The molecule has 0 aliphatic carbocycles. The van der Waals surface area contributed by atoms with Gasteiger partial charge in [-0.15, -0.1) is 0 Å². The van der Waals surface area contributed by atoms with Gasteiger partial charge < -0.3 is 9.92 Å². The van der Waals surface area contributed by atoms with E-state index >= 15 is 0 Å². The zero-order chi connectivity index (χ0) is 16.5. The Hall–Kier alpha value is -2.32. The molecule has 2 aromatic rings.